The number of fused-ring (bicyclic) bond motifs is 1. The summed E-state index contributed by atoms with van der Waals surface area (Å²) in [5.74, 6) is 2.36. The minimum atomic E-state index is 0.586. The van der Waals surface area contributed by atoms with Gasteiger partial charge in [-0.25, -0.2) is 4.98 Å². The van der Waals surface area contributed by atoms with Crippen molar-refractivity contribution in [3.05, 3.63) is 12.0 Å². The first kappa shape index (κ1) is 11.4. The van der Waals surface area contributed by atoms with E-state index in [-0.39, 0.29) is 0 Å². The summed E-state index contributed by atoms with van der Waals surface area (Å²) in [5, 5.41) is 4.94. The summed E-state index contributed by atoms with van der Waals surface area (Å²) in [6, 6.07) is 0. The molecule has 0 radical (unpaired) electrons. The molecule has 5 nitrogen and oxygen atoms in total. The van der Waals surface area contributed by atoms with Crippen molar-refractivity contribution in [3.63, 3.8) is 0 Å². The smallest absolute Gasteiger partial charge is 0.263 e. The highest BCUT2D eigenvalue weighted by molar-refractivity contribution is 5.87. The molecule has 0 saturated carbocycles. The highest BCUT2D eigenvalue weighted by atomic mass is 16.5. The normalized spacial score (nSPS) is 24.7. The van der Waals surface area contributed by atoms with E-state index in [2.05, 4.69) is 33.9 Å². The van der Waals surface area contributed by atoms with E-state index in [0.29, 0.717) is 17.5 Å². The standard InChI is InChI=1S/C13H18N4O/c1-8-4-9(2)6-17(5-8)12-11-10(3)16-18-13(11)15-7-14-12/h7-9H,4-6H2,1-3H3. The van der Waals surface area contributed by atoms with Crippen molar-refractivity contribution >= 4 is 16.9 Å². The molecule has 0 N–H and O–H groups in total. The molecule has 2 atom stereocenters. The van der Waals surface area contributed by atoms with Gasteiger partial charge in [-0.2, -0.15) is 4.98 Å². The molecule has 18 heavy (non-hydrogen) atoms. The molecule has 2 aromatic rings. The number of aryl methyl sites for hydroxylation is 1. The van der Waals surface area contributed by atoms with Gasteiger partial charge in [0, 0.05) is 13.1 Å². The third-order valence-corrected chi connectivity index (χ3v) is 3.59. The minimum absolute atomic E-state index is 0.586. The molecule has 5 heteroatoms. The first-order chi connectivity index (χ1) is 8.65. The Labute approximate surface area is 106 Å². The number of anilines is 1. The highest BCUT2D eigenvalue weighted by Gasteiger charge is 2.25. The number of hydrogen-bond acceptors (Lipinski definition) is 5. The lowest BCUT2D eigenvalue weighted by Gasteiger charge is -2.35. The van der Waals surface area contributed by atoms with Crippen LogP contribution in [0.2, 0.25) is 0 Å². The molecule has 2 aromatic heterocycles. The number of aromatic nitrogens is 3. The van der Waals surface area contributed by atoms with Crippen molar-refractivity contribution in [2.45, 2.75) is 27.2 Å². The fourth-order valence-electron chi connectivity index (χ4n) is 2.98. The quantitative estimate of drug-likeness (QED) is 0.773. The lowest BCUT2D eigenvalue weighted by atomic mass is 9.92. The van der Waals surface area contributed by atoms with E-state index >= 15 is 0 Å². The van der Waals surface area contributed by atoms with Crippen LogP contribution in [-0.2, 0) is 0 Å². The van der Waals surface area contributed by atoms with Gasteiger partial charge in [0.15, 0.2) is 0 Å². The molecule has 0 spiro atoms. The summed E-state index contributed by atoms with van der Waals surface area (Å²) in [6.45, 7) is 8.61. The monoisotopic (exact) mass is 246 g/mol. The molecule has 0 amide bonds. The molecule has 1 aliphatic rings. The van der Waals surface area contributed by atoms with Gasteiger partial charge in [-0.15, -0.1) is 0 Å². The Morgan fingerprint density at radius 3 is 2.67 bits per heavy atom. The van der Waals surface area contributed by atoms with Gasteiger partial charge in [-0.1, -0.05) is 19.0 Å². The van der Waals surface area contributed by atoms with Crippen molar-refractivity contribution in [2.75, 3.05) is 18.0 Å². The van der Waals surface area contributed by atoms with Crippen LogP contribution in [0, 0.1) is 18.8 Å². The predicted molar refractivity (Wildman–Crippen MR) is 69.5 cm³/mol. The van der Waals surface area contributed by atoms with E-state index in [4.69, 9.17) is 4.52 Å². The summed E-state index contributed by atoms with van der Waals surface area (Å²) in [7, 11) is 0. The van der Waals surface area contributed by atoms with Crippen LogP contribution in [0.4, 0.5) is 5.82 Å². The number of nitrogens with zero attached hydrogens (tertiary/aromatic N) is 4. The van der Waals surface area contributed by atoms with Crippen molar-refractivity contribution < 1.29 is 4.52 Å². The van der Waals surface area contributed by atoms with E-state index in [1.54, 1.807) is 6.33 Å². The topological polar surface area (TPSA) is 55.1 Å². The molecular weight excluding hydrogens is 228 g/mol. The van der Waals surface area contributed by atoms with E-state index < -0.39 is 0 Å². The van der Waals surface area contributed by atoms with Crippen LogP contribution in [0.3, 0.4) is 0 Å². The van der Waals surface area contributed by atoms with E-state index in [1.165, 1.54) is 6.42 Å². The third-order valence-electron chi connectivity index (χ3n) is 3.59. The molecule has 3 rings (SSSR count). The predicted octanol–water partition coefficient (Wildman–Crippen LogP) is 2.41. The Morgan fingerprint density at radius 2 is 1.94 bits per heavy atom. The SMILES string of the molecule is Cc1noc2ncnc(N3CC(C)CC(C)C3)c12. The lowest BCUT2D eigenvalue weighted by molar-refractivity contribution is 0.356. The van der Waals surface area contributed by atoms with Gasteiger partial charge in [0.1, 0.15) is 17.5 Å². The second-order valence-corrected chi connectivity index (χ2v) is 5.50. The summed E-state index contributed by atoms with van der Waals surface area (Å²) in [4.78, 5) is 10.9. The first-order valence-corrected chi connectivity index (χ1v) is 6.47. The fraction of sp³-hybridized carbons (Fsp3) is 0.615. The van der Waals surface area contributed by atoms with Crippen LogP contribution in [0.5, 0.6) is 0 Å². The van der Waals surface area contributed by atoms with Crippen molar-refractivity contribution in [2.24, 2.45) is 11.8 Å². The Kier molecular flexibility index (Phi) is 2.69. The molecular formula is C13H18N4O. The second kappa shape index (κ2) is 4.23. The average Bonchev–Trinajstić information content (AvgIpc) is 2.70. The minimum Gasteiger partial charge on any atom is -0.355 e. The Morgan fingerprint density at radius 1 is 1.22 bits per heavy atom. The second-order valence-electron chi connectivity index (χ2n) is 5.50. The number of rotatable bonds is 1. The zero-order valence-electron chi connectivity index (χ0n) is 11.1. The maximum Gasteiger partial charge on any atom is 0.263 e. The van der Waals surface area contributed by atoms with Crippen molar-refractivity contribution in [1.29, 1.82) is 0 Å². The van der Waals surface area contributed by atoms with Crippen LogP contribution in [0.25, 0.3) is 11.1 Å². The first-order valence-electron chi connectivity index (χ1n) is 6.47. The Bertz CT molecular complexity index is 555. The Balaban J connectivity index is 2.05. The van der Waals surface area contributed by atoms with E-state index in [1.807, 2.05) is 6.92 Å². The maximum atomic E-state index is 5.21. The van der Waals surface area contributed by atoms with Crippen molar-refractivity contribution in [1.82, 2.24) is 15.1 Å². The summed E-state index contributed by atoms with van der Waals surface area (Å²) in [6.07, 6.45) is 2.85. The van der Waals surface area contributed by atoms with Gasteiger partial charge in [0.25, 0.3) is 5.71 Å². The maximum absolute atomic E-state index is 5.21. The number of hydrogen-bond donors (Lipinski definition) is 0. The molecule has 1 aliphatic heterocycles. The van der Waals surface area contributed by atoms with Gasteiger partial charge in [-0.05, 0) is 25.2 Å². The zero-order valence-corrected chi connectivity index (χ0v) is 11.1. The molecule has 0 aliphatic carbocycles. The summed E-state index contributed by atoms with van der Waals surface area (Å²) >= 11 is 0. The third kappa shape index (κ3) is 1.83. The lowest BCUT2D eigenvalue weighted by Crippen LogP contribution is -2.39. The van der Waals surface area contributed by atoms with Crippen LogP contribution < -0.4 is 4.90 Å². The van der Waals surface area contributed by atoms with E-state index in [9.17, 15) is 0 Å². The van der Waals surface area contributed by atoms with Gasteiger partial charge in [0.05, 0.1) is 5.69 Å². The molecule has 1 fully saturated rings. The molecule has 0 aromatic carbocycles. The number of piperidine rings is 1. The van der Waals surface area contributed by atoms with Gasteiger partial charge in [-0.3, -0.25) is 0 Å². The van der Waals surface area contributed by atoms with Gasteiger partial charge < -0.3 is 9.42 Å². The average molecular weight is 246 g/mol. The summed E-state index contributed by atoms with van der Waals surface area (Å²) < 4.78 is 5.21. The highest BCUT2D eigenvalue weighted by Crippen LogP contribution is 2.30. The van der Waals surface area contributed by atoms with Crippen LogP contribution >= 0.6 is 0 Å². The summed E-state index contributed by atoms with van der Waals surface area (Å²) in [5.41, 5.74) is 1.45. The Hall–Kier alpha value is -1.65. The molecule has 3 heterocycles. The van der Waals surface area contributed by atoms with Crippen molar-refractivity contribution in [3.8, 4) is 0 Å². The fourth-order valence-corrected chi connectivity index (χ4v) is 2.98. The van der Waals surface area contributed by atoms with E-state index in [0.717, 1.165) is 30.0 Å². The largest absolute Gasteiger partial charge is 0.355 e. The van der Waals surface area contributed by atoms with Gasteiger partial charge >= 0.3 is 0 Å². The van der Waals surface area contributed by atoms with Crippen LogP contribution in [0.15, 0.2) is 10.9 Å². The van der Waals surface area contributed by atoms with Gasteiger partial charge in [0.2, 0.25) is 0 Å². The molecule has 0 bridgehead atoms. The molecule has 96 valence electrons. The molecule has 2 unspecified atom stereocenters. The zero-order chi connectivity index (χ0) is 12.7. The van der Waals surface area contributed by atoms with Crippen LogP contribution in [-0.4, -0.2) is 28.2 Å². The molecule has 1 saturated heterocycles. The van der Waals surface area contributed by atoms with Crippen LogP contribution in [0.1, 0.15) is 26.0 Å².